The van der Waals surface area contributed by atoms with E-state index >= 15 is 0 Å². The number of hydrogen-bond acceptors (Lipinski definition) is 2. The Morgan fingerprint density at radius 1 is 1.11 bits per heavy atom. The van der Waals surface area contributed by atoms with E-state index in [2.05, 4.69) is 15.9 Å². The van der Waals surface area contributed by atoms with Crippen LogP contribution in [0.4, 0.5) is 4.39 Å². The van der Waals surface area contributed by atoms with Crippen molar-refractivity contribution in [1.82, 2.24) is 0 Å². The molecule has 0 aliphatic rings. The molecule has 0 aliphatic heterocycles. The first-order valence-electron chi connectivity index (χ1n) is 6.01. The molecule has 19 heavy (non-hydrogen) atoms. The molecule has 2 nitrogen and oxygen atoms in total. The molecular formula is C15H15BrFNO. The predicted molar refractivity (Wildman–Crippen MR) is 77.1 cm³/mol. The molecule has 4 heteroatoms. The van der Waals surface area contributed by atoms with Crippen molar-refractivity contribution in [3.8, 4) is 0 Å². The highest BCUT2D eigenvalue weighted by Crippen LogP contribution is 2.21. The van der Waals surface area contributed by atoms with Gasteiger partial charge in [0, 0.05) is 16.6 Å². The molecule has 0 radical (unpaired) electrons. The van der Waals surface area contributed by atoms with E-state index in [1.165, 1.54) is 6.07 Å². The van der Waals surface area contributed by atoms with Gasteiger partial charge in [-0.1, -0.05) is 46.3 Å². The molecule has 2 N–H and O–H groups in total. The van der Waals surface area contributed by atoms with Crippen LogP contribution in [0.25, 0.3) is 0 Å². The Morgan fingerprint density at radius 3 is 2.42 bits per heavy atom. The Balaban J connectivity index is 2.04. The topological polar surface area (TPSA) is 35.2 Å². The predicted octanol–water partition coefficient (Wildman–Crippen LogP) is 3.80. The van der Waals surface area contributed by atoms with Gasteiger partial charge in [0.2, 0.25) is 0 Å². The lowest BCUT2D eigenvalue weighted by Gasteiger charge is -2.17. The van der Waals surface area contributed by atoms with E-state index in [-0.39, 0.29) is 12.4 Å². The molecule has 1 unspecified atom stereocenters. The summed E-state index contributed by atoms with van der Waals surface area (Å²) >= 11 is 3.37. The maximum Gasteiger partial charge on any atom is 0.129 e. The van der Waals surface area contributed by atoms with Crippen LogP contribution in [-0.4, -0.2) is 6.54 Å². The fourth-order valence-electron chi connectivity index (χ4n) is 1.80. The zero-order valence-corrected chi connectivity index (χ0v) is 11.9. The summed E-state index contributed by atoms with van der Waals surface area (Å²) in [5, 5.41) is 0. The van der Waals surface area contributed by atoms with E-state index in [0.29, 0.717) is 12.2 Å². The first-order valence-corrected chi connectivity index (χ1v) is 6.80. The number of halogens is 2. The molecule has 0 amide bonds. The van der Waals surface area contributed by atoms with Crippen LogP contribution in [0.15, 0.2) is 53.0 Å². The van der Waals surface area contributed by atoms with Crippen molar-refractivity contribution in [3.05, 3.63) is 69.9 Å². The number of ether oxygens (including phenoxy) is 1. The summed E-state index contributed by atoms with van der Waals surface area (Å²) in [4.78, 5) is 0. The lowest BCUT2D eigenvalue weighted by molar-refractivity contribution is 0.0433. The average Bonchev–Trinajstić information content (AvgIpc) is 2.43. The normalized spacial score (nSPS) is 12.4. The van der Waals surface area contributed by atoms with E-state index in [0.717, 1.165) is 10.0 Å². The largest absolute Gasteiger partial charge is 0.367 e. The van der Waals surface area contributed by atoms with E-state index < -0.39 is 6.10 Å². The minimum Gasteiger partial charge on any atom is -0.367 e. The van der Waals surface area contributed by atoms with Gasteiger partial charge < -0.3 is 10.5 Å². The van der Waals surface area contributed by atoms with Gasteiger partial charge in [0.25, 0.3) is 0 Å². The van der Waals surface area contributed by atoms with Crippen molar-refractivity contribution < 1.29 is 9.13 Å². The van der Waals surface area contributed by atoms with Crippen LogP contribution in [0.1, 0.15) is 17.2 Å². The van der Waals surface area contributed by atoms with Crippen LogP contribution in [0.5, 0.6) is 0 Å². The summed E-state index contributed by atoms with van der Waals surface area (Å²) < 4.78 is 20.4. The lowest BCUT2D eigenvalue weighted by atomic mass is 10.1. The maximum absolute atomic E-state index is 13.7. The summed E-state index contributed by atoms with van der Waals surface area (Å²) in [6.07, 6.45) is -0.426. The van der Waals surface area contributed by atoms with Crippen molar-refractivity contribution in [2.75, 3.05) is 6.54 Å². The average molecular weight is 324 g/mol. The minimum absolute atomic E-state index is 0.247. The quantitative estimate of drug-likeness (QED) is 0.908. The second kappa shape index (κ2) is 6.80. The first kappa shape index (κ1) is 14.2. The number of hydrogen-bond donors (Lipinski definition) is 1. The Morgan fingerprint density at radius 2 is 1.79 bits per heavy atom. The van der Waals surface area contributed by atoms with Crippen LogP contribution in [-0.2, 0) is 11.3 Å². The molecule has 0 aromatic heterocycles. The molecular weight excluding hydrogens is 309 g/mol. The molecule has 0 aliphatic carbocycles. The van der Waals surface area contributed by atoms with E-state index in [4.69, 9.17) is 10.5 Å². The third-order valence-corrected chi connectivity index (χ3v) is 3.36. The van der Waals surface area contributed by atoms with Gasteiger partial charge in [-0.2, -0.15) is 0 Å². The first-order chi connectivity index (χ1) is 9.20. The Hall–Kier alpha value is -1.23. The molecule has 2 rings (SSSR count). The molecule has 0 heterocycles. The van der Waals surface area contributed by atoms with Crippen molar-refractivity contribution >= 4 is 15.9 Å². The monoisotopic (exact) mass is 323 g/mol. The smallest absolute Gasteiger partial charge is 0.129 e. The lowest BCUT2D eigenvalue weighted by Crippen LogP contribution is -2.17. The van der Waals surface area contributed by atoms with Crippen LogP contribution in [0.3, 0.4) is 0 Å². The Labute approximate surface area is 120 Å². The number of nitrogens with two attached hydrogens (primary N) is 1. The fourth-order valence-corrected chi connectivity index (χ4v) is 2.06. The third-order valence-electron chi connectivity index (χ3n) is 2.83. The molecule has 100 valence electrons. The molecule has 0 fully saturated rings. The van der Waals surface area contributed by atoms with E-state index in [9.17, 15) is 4.39 Å². The van der Waals surface area contributed by atoms with Gasteiger partial charge in [0.1, 0.15) is 5.82 Å². The van der Waals surface area contributed by atoms with Crippen molar-refractivity contribution in [1.29, 1.82) is 0 Å². The SMILES string of the molecule is NCC(OCc1ccc(Br)cc1)c1ccccc1F. The molecule has 0 spiro atoms. The van der Waals surface area contributed by atoms with E-state index in [1.807, 2.05) is 24.3 Å². The number of benzene rings is 2. The second-order valence-electron chi connectivity index (χ2n) is 4.18. The Bertz CT molecular complexity index is 530. The van der Waals surface area contributed by atoms with Gasteiger partial charge in [-0.3, -0.25) is 0 Å². The highest BCUT2D eigenvalue weighted by atomic mass is 79.9. The highest BCUT2D eigenvalue weighted by molar-refractivity contribution is 9.10. The van der Waals surface area contributed by atoms with Crippen LogP contribution >= 0.6 is 15.9 Å². The minimum atomic E-state index is -0.426. The summed E-state index contributed by atoms with van der Waals surface area (Å²) in [7, 11) is 0. The molecule has 2 aromatic carbocycles. The molecule has 0 saturated heterocycles. The van der Waals surface area contributed by atoms with Crippen LogP contribution in [0.2, 0.25) is 0 Å². The zero-order valence-electron chi connectivity index (χ0n) is 10.4. The van der Waals surface area contributed by atoms with Crippen molar-refractivity contribution in [3.63, 3.8) is 0 Å². The van der Waals surface area contributed by atoms with Gasteiger partial charge in [-0.15, -0.1) is 0 Å². The fraction of sp³-hybridized carbons (Fsp3) is 0.200. The van der Waals surface area contributed by atoms with Gasteiger partial charge in [0.15, 0.2) is 0 Å². The van der Waals surface area contributed by atoms with Crippen LogP contribution in [0, 0.1) is 5.82 Å². The summed E-state index contributed by atoms with van der Waals surface area (Å²) in [6, 6.07) is 14.4. The highest BCUT2D eigenvalue weighted by Gasteiger charge is 2.14. The van der Waals surface area contributed by atoms with Gasteiger partial charge in [-0.25, -0.2) is 4.39 Å². The third kappa shape index (κ3) is 3.86. The van der Waals surface area contributed by atoms with Crippen molar-refractivity contribution in [2.45, 2.75) is 12.7 Å². The van der Waals surface area contributed by atoms with Gasteiger partial charge in [0.05, 0.1) is 12.7 Å². The summed E-state index contributed by atoms with van der Waals surface area (Å²) in [5.41, 5.74) is 7.19. The second-order valence-corrected chi connectivity index (χ2v) is 5.10. The molecule has 0 saturated carbocycles. The van der Waals surface area contributed by atoms with E-state index in [1.54, 1.807) is 18.2 Å². The molecule has 0 bridgehead atoms. The zero-order chi connectivity index (χ0) is 13.7. The Kier molecular flexibility index (Phi) is 5.07. The maximum atomic E-state index is 13.7. The standard InChI is InChI=1S/C15H15BrFNO/c16-12-7-5-11(6-8-12)10-19-15(9-18)13-3-1-2-4-14(13)17/h1-8,15H,9-10,18H2. The summed E-state index contributed by atoms with van der Waals surface area (Å²) in [5.74, 6) is -0.284. The van der Waals surface area contributed by atoms with Crippen LogP contribution < -0.4 is 5.73 Å². The molecule has 1 atom stereocenters. The van der Waals surface area contributed by atoms with Crippen molar-refractivity contribution in [2.24, 2.45) is 5.73 Å². The summed E-state index contributed by atoms with van der Waals surface area (Å²) in [6.45, 7) is 0.654. The van der Waals surface area contributed by atoms with Gasteiger partial charge >= 0.3 is 0 Å². The van der Waals surface area contributed by atoms with Gasteiger partial charge in [-0.05, 0) is 23.8 Å². The molecule has 2 aromatic rings. The number of rotatable bonds is 5.